The molecule has 16 heavy (non-hydrogen) atoms. The summed E-state index contributed by atoms with van der Waals surface area (Å²) in [6.45, 7) is 2.09. The second kappa shape index (κ2) is 6.69. The van der Waals surface area contributed by atoms with Gasteiger partial charge in [-0.1, -0.05) is 32.1 Å². The fourth-order valence-electron chi connectivity index (χ4n) is 2.54. The van der Waals surface area contributed by atoms with E-state index in [9.17, 15) is 0 Å². The molecule has 0 spiro atoms. The van der Waals surface area contributed by atoms with E-state index in [4.69, 9.17) is 0 Å². The highest BCUT2D eigenvalue weighted by Crippen LogP contribution is 2.21. The van der Waals surface area contributed by atoms with Gasteiger partial charge in [-0.05, 0) is 25.3 Å². The van der Waals surface area contributed by atoms with Crippen LogP contribution in [0.2, 0.25) is 0 Å². The van der Waals surface area contributed by atoms with Gasteiger partial charge in [0, 0.05) is 18.4 Å². The molecule has 1 aliphatic carbocycles. The zero-order valence-corrected chi connectivity index (χ0v) is 10.0. The highest BCUT2D eigenvalue weighted by Gasteiger charge is 2.10. The summed E-state index contributed by atoms with van der Waals surface area (Å²) in [6, 6.07) is 0. The number of nitrogens with one attached hydrogen (secondary N) is 2. The van der Waals surface area contributed by atoms with Crippen molar-refractivity contribution in [1.29, 1.82) is 0 Å². The molecule has 3 heteroatoms. The lowest BCUT2D eigenvalue weighted by Gasteiger charge is -2.19. The van der Waals surface area contributed by atoms with E-state index in [1.54, 1.807) is 6.33 Å². The Hall–Kier alpha value is -0.830. The molecule has 0 saturated heterocycles. The Morgan fingerprint density at radius 3 is 2.62 bits per heavy atom. The first kappa shape index (κ1) is 11.6. The second-order valence-corrected chi connectivity index (χ2v) is 4.92. The van der Waals surface area contributed by atoms with Gasteiger partial charge in [0.05, 0.1) is 6.33 Å². The Morgan fingerprint density at radius 1 is 1.19 bits per heavy atom. The minimum absolute atomic E-state index is 0.892. The Morgan fingerprint density at radius 2 is 1.94 bits per heavy atom. The fraction of sp³-hybridized carbons (Fsp3) is 0.769. The van der Waals surface area contributed by atoms with Gasteiger partial charge < -0.3 is 10.3 Å². The van der Waals surface area contributed by atoms with Crippen LogP contribution in [0.25, 0.3) is 0 Å². The summed E-state index contributed by atoms with van der Waals surface area (Å²) in [5.74, 6) is 0.892. The van der Waals surface area contributed by atoms with Crippen LogP contribution >= 0.6 is 0 Å². The van der Waals surface area contributed by atoms with Crippen LogP contribution in [0.4, 0.5) is 0 Å². The van der Waals surface area contributed by atoms with E-state index >= 15 is 0 Å². The monoisotopic (exact) mass is 221 g/mol. The first-order valence-corrected chi connectivity index (χ1v) is 6.63. The van der Waals surface area contributed by atoms with Crippen molar-refractivity contribution >= 4 is 0 Å². The summed E-state index contributed by atoms with van der Waals surface area (Å²) in [6.07, 6.45) is 13.7. The van der Waals surface area contributed by atoms with Crippen molar-refractivity contribution in [3.63, 3.8) is 0 Å². The standard InChI is InChI=1S/C13H23N3/c1-2-4-6-12(7-5-3-1)8-14-9-13-10-15-11-16-13/h10-12,14H,1-9H2,(H,15,16). The maximum atomic E-state index is 4.02. The lowest BCUT2D eigenvalue weighted by molar-refractivity contribution is 0.360. The maximum Gasteiger partial charge on any atom is 0.0922 e. The molecule has 0 atom stereocenters. The lowest BCUT2D eigenvalue weighted by atomic mass is 9.91. The first-order chi connectivity index (χ1) is 7.95. The zero-order valence-electron chi connectivity index (χ0n) is 10.0. The number of aromatic nitrogens is 2. The third kappa shape index (κ3) is 3.97. The van der Waals surface area contributed by atoms with Crippen molar-refractivity contribution in [1.82, 2.24) is 15.3 Å². The average Bonchev–Trinajstić information content (AvgIpc) is 2.73. The van der Waals surface area contributed by atoms with Gasteiger partial charge in [0.25, 0.3) is 0 Å². The van der Waals surface area contributed by atoms with Crippen LogP contribution in [0.1, 0.15) is 50.6 Å². The summed E-state index contributed by atoms with van der Waals surface area (Å²) in [7, 11) is 0. The molecule has 3 nitrogen and oxygen atoms in total. The highest BCUT2D eigenvalue weighted by molar-refractivity contribution is 4.93. The second-order valence-electron chi connectivity index (χ2n) is 4.92. The molecule has 0 radical (unpaired) electrons. The van der Waals surface area contributed by atoms with Crippen molar-refractivity contribution in [2.45, 2.75) is 51.5 Å². The minimum Gasteiger partial charge on any atom is -0.347 e. The van der Waals surface area contributed by atoms with Crippen molar-refractivity contribution in [2.24, 2.45) is 5.92 Å². The molecule has 0 aliphatic heterocycles. The topological polar surface area (TPSA) is 40.7 Å². The van der Waals surface area contributed by atoms with Gasteiger partial charge in [-0.2, -0.15) is 0 Å². The fourth-order valence-corrected chi connectivity index (χ4v) is 2.54. The predicted octanol–water partition coefficient (Wildman–Crippen LogP) is 2.86. The van der Waals surface area contributed by atoms with Gasteiger partial charge in [-0.25, -0.2) is 4.98 Å². The Balaban J connectivity index is 1.64. The molecular formula is C13H23N3. The molecule has 1 aromatic rings. The molecule has 0 amide bonds. The Kier molecular flexibility index (Phi) is 4.87. The van der Waals surface area contributed by atoms with Crippen LogP contribution in [-0.4, -0.2) is 16.5 Å². The average molecular weight is 221 g/mol. The van der Waals surface area contributed by atoms with E-state index in [1.807, 2.05) is 6.20 Å². The summed E-state index contributed by atoms with van der Waals surface area (Å²) in [5.41, 5.74) is 1.19. The third-order valence-corrected chi connectivity index (χ3v) is 3.53. The molecule has 0 aromatic carbocycles. The number of hydrogen-bond donors (Lipinski definition) is 2. The normalized spacial score (nSPS) is 19.2. The molecule has 2 N–H and O–H groups in total. The SMILES string of the molecule is c1ncc(CNCC2CCCCCCC2)[nH]1. The van der Waals surface area contributed by atoms with Crippen molar-refractivity contribution in [2.75, 3.05) is 6.54 Å². The van der Waals surface area contributed by atoms with E-state index < -0.39 is 0 Å². The van der Waals surface area contributed by atoms with Crippen molar-refractivity contribution in [3.8, 4) is 0 Å². The van der Waals surface area contributed by atoms with E-state index in [-0.39, 0.29) is 0 Å². The highest BCUT2D eigenvalue weighted by atomic mass is 14.9. The number of nitrogens with zero attached hydrogens (tertiary/aromatic N) is 1. The van der Waals surface area contributed by atoms with Gasteiger partial charge in [-0.3, -0.25) is 0 Å². The molecule has 1 fully saturated rings. The summed E-state index contributed by atoms with van der Waals surface area (Å²) < 4.78 is 0. The number of aromatic amines is 1. The number of rotatable bonds is 4. The molecule has 1 aliphatic rings. The van der Waals surface area contributed by atoms with E-state index in [0.717, 1.165) is 12.5 Å². The molecular weight excluding hydrogens is 198 g/mol. The molecule has 2 rings (SSSR count). The molecule has 1 aromatic heterocycles. The molecule has 1 saturated carbocycles. The largest absolute Gasteiger partial charge is 0.347 e. The maximum absolute atomic E-state index is 4.02. The number of hydrogen-bond acceptors (Lipinski definition) is 2. The molecule has 1 heterocycles. The summed E-state index contributed by atoms with van der Waals surface area (Å²) in [4.78, 5) is 7.14. The van der Waals surface area contributed by atoms with Gasteiger partial charge in [0.1, 0.15) is 0 Å². The van der Waals surface area contributed by atoms with Crippen LogP contribution in [0.3, 0.4) is 0 Å². The van der Waals surface area contributed by atoms with Crippen LogP contribution in [0, 0.1) is 5.92 Å². The smallest absolute Gasteiger partial charge is 0.0922 e. The minimum atomic E-state index is 0.892. The Labute approximate surface area is 98.1 Å². The summed E-state index contributed by atoms with van der Waals surface area (Å²) in [5, 5.41) is 3.53. The van der Waals surface area contributed by atoms with Crippen LogP contribution in [0.5, 0.6) is 0 Å². The molecule has 0 bridgehead atoms. The van der Waals surface area contributed by atoms with Crippen molar-refractivity contribution in [3.05, 3.63) is 18.2 Å². The molecule has 0 unspecified atom stereocenters. The number of imidazole rings is 1. The predicted molar refractivity (Wildman–Crippen MR) is 66.1 cm³/mol. The third-order valence-electron chi connectivity index (χ3n) is 3.53. The quantitative estimate of drug-likeness (QED) is 0.820. The van der Waals surface area contributed by atoms with Crippen LogP contribution < -0.4 is 5.32 Å². The lowest BCUT2D eigenvalue weighted by Crippen LogP contribution is -2.23. The molecule has 90 valence electrons. The number of H-pyrrole nitrogens is 1. The van der Waals surface area contributed by atoms with Gasteiger partial charge in [0.15, 0.2) is 0 Å². The van der Waals surface area contributed by atoms with Crippen LogP contribution in [-0.2, 0) is 6.54 Å². The zero-order chi connectivity index (χ0) is 11.1. The first-order valence-electron chi connectivity index (χ1n) is 6.63. The van der Waals surface area contributed by atoms with Gasteiger partial charge in [0.2, 0.25) is 0 Å². The summed E-state index contributed by atoms with van der Waals surface area (Å²) >= 11 is 0. The van der Waals surface area contributed by atoms with Gasteiger partial charge >= 0.3 is 0 Å². The van der Waals surface area contributed by atoms with Crippen molar-refractivity contribution < 1.29 is 0 Å². The van der Waals surface area contributed by atoms with E-state index in [1.165, 1.54) is 57.2 Å². The van der Waals surface area contributed by atoms with Gasteiger partial charge in [-0.15, -0.1) is 0 Å². The van der Waals surface area contributed by atoms with Crippen LogP contribution in [0.15, 0.2) is 12.5 Å². The van der Waals surface area contributed by atoms with E-state index in [2.05, 4.69) is 15.3 Å². The van der Waals surface area contributed by atoms with E-state index in [0.29, 0.717) is 0 Å². The Bertz CT molecular complexity index is 261.